The molecule has 4 rings (SSSR count). The van der Waals surface area contributed by atoms with Gasteiger partial charge in [0.1, 0.15) is 6.26 Å². The van der Waals surface area contributed by atoms with Crippen LogP contribution >= 0.6 is 11.3 Å². The highest BCUT2D eigenvalue weighted by Crippen LogP contribution is 2.37. The summed E-state index contributed by atoms with van der Waals surface area (Å²) in [5, 5.41) is 4.88. The smallest absolute Gasteiger partial charge is 0.254 e. The highest BCUT2D eigenvalue weighted by Gasteiger charge is 2.32. The van der Waals surface area contributed by atoms with E-state index in [1.165, 1.54) is 23.0 Å². The van der Waals surface area contributed by atoms with E-state index in [0.29, 0.717) is 18.7 Å². The predicted molar refractivity (Wildman–Crippen MR) is 104 cm³/mol. The summed E-state index contributed by atoms with van der Waals surface area (Å²) in [4.78, 5) is 28.2. The highest BCUT2D eigenvalue weighted by molar-refractivity contribution is 7.10. The van der Waals surface area contributed by atoms with E-state index in [2.05, 4.69) is 28.9 Å². The maximum absolute atomic E-state index is 12.9. The van der Waals surface area contributed by atoms with Crippen molar-refractivity contribution in [2.75, 3.05) is 13.1 Å². The summed E-state index contributed by atoms with van der Waals surface area (Å²) in [6, 6.07) is 13.8. The zero-order valence-corrected chi connectivity index (χ0v) is 15.6. The Labute approximate surface area is 161 Å². The molecule has 0 saturated heterocycles. The van der Waals surface area contributed by atoms with Crippen LogP contribution in [0.3, 0.4) is 0 Å². The maximum atomic E-state index is 12.9. The average molecular weight is 380 g/mol. The predicted octanol–water partition coefficient (Wildman–Crippen LogP) is 3.64. The van der Waals surface area contributed by atoms with Gasteiger partial charge in [-0.15, -0.1) is 11.3 Å². The number of benzene rings is 1. The molecule has 0 radical (unpaired) electrons. The van der Waals surface area contributed by atoms with E-state index in [4.69, 9.17) is 4.42 Å². The Morgan fingerprint density at radius 3 is 2.81 bits per heavy atom. The van der Waals surface area contributed by atoms with Crippen molar-refractivity contribution in [3.8, 4) is 0 Å². The van der Waals surface area contributed by atoms with Gasteiger partial charge in [-0.3, -0.25) is 9.59 Å². The Morgan fingerprint density at radius 2 is 2.04 bits per heavy atom. The van der Waals surface area contributed by atoms with Gasteiger partial charge in [-0.2, -0.15) is 0 Å². The molecular formula is C21H20N2O3S. The van der Waals surface area contributed by atoms with Gasteiger partial charge in [-0.25, -0.2) is 0 Å². The molecule has 1 aromatic carbocycles. The number of amides is 2. The van der Waals surface area contributed by atoms with Gasteiger partial charge < -0.3 is 14.6 Å². The molecule has 27 heavy (non-hydrogen) atoms. The van der Waals surface area contributed by atoms with Crippen molar-refractivity contribution in [2.45, 2.75) is 18.9 Å². The highest BCUT2D eigenvalue weighted by atomic mass is 32.1. The molecule has 1 unspecified atom stereocenters. The molecule has 138 valence electrons. The first-order valence-electron chi connectivity index (χ1n) is 8.95. The van der Waals surface area contributed by atoms with E-state index in [-0.39, 0.29) is 24.3 Å². The lowest BCUT2D eigenvalue weighted by Gasteiger charge is -2.36. The number of nitrogens with one attached hydrogen (secondary N) is 1. The number of furan rings is 1. The Balaban J connectivity index is 1.46. The molecular weight excluding hydrogens is 360 g/mol. The summed E-state index contributed by atoms with van der Waals surface area (Å²) >= 11 is 1.75. The third-order valence-corrected chi connectivity index (χ3v) is 5.81. The Kier molecular flexibility index (Phi) is 5.07. The summed E-state index contributed by atoms with van der Waals surface area (Å²) in [5.74, 6) is -0.178. The summed E-state index contributed by atoms with van der Waals surface area (Å²) in [7, 11) is 0. The maximum Gasteiger partial charge on any atom is 0.254 e. The second kappa shape index (κ2) is 7.80. The van der Waals surface area contributed by atoms with Crippen molar-refractivity contribution < 1.29 is 14.0 Å². The zero-order valence-electron chi connectivity index (χ0n) is 14.8. The van der Waals surface area contributed by atoms with Crippen molar-refractivity contribution in [3.05, 3.63) is 81.9 Å². The van der Waals surface area contributed by atoms with Gasteiger partial charge in [0.15, 0.2) is 0 Å². The minimum atomic E-state index is -0.227. The second-order valence-electron chi connectivity index (χ2n) is 6.47. The molecule has 0 spiro atoms. The summed E-state index contributed by atoms with van der Waals surface area (Å²) in [6.07, 6.45) is 4.00. The zero-order chi connectivity index (χ0) is 18.6. The van der Waals surface area contributed by atoms with E-state index in [1.54, 1.807) is 17.4 Å². The van der Waals surface area contributed by atoms with Gasteiger partial charge >= 0.3 is 0 Å². The molecule has 6 heteroatoms. The molecule has 1 aliphatic heterocycles. The van der Waals surface area contributed by atoms with Crippen LogP contribution in [0.5, 0.6) is 0 Å². The minimum Gasteiger partial charge on any atom is -0.472 e. The van der Waals surface area contributed by atoms with Crippen LogP contribution in [0.1, 0.15) is 38.8 Å². The van der Waals surface area contributed by atoms with Crippen molar-refractivity contribution >= 4 is 23.2 Å². The monoisotopic (exact) mass is 380 g/mol. The molecule has 3 heterocycles. The van der Waals surface area contributed by atoms with E-state index in [1.807, 2.05) is 23.1 Å². The van der Waals surface area contributed by atoms with Crippen LogP contribution in [0.25, 0.3) is 0 Å². The van der Waals surface area contributed by atoms with Gasteiger partial charge in [-0.1, -0.05) is 30.3 Å². The van der Waals surface area contributed by atoms with Crippen LogP contribution in [-0.4, -0.2) is 29.8 Å². The number of carbonyl (C=O) groups excluding carboxylic acids is 2. The number of hydrogen-bond donors (Lipinski definition) is 1. The first-order valence-corrected chi connectivity index (χ1v) is 9.83. The molecule has 5 nitrogen and oxygen atoms in total. The van der Waals surface area contributed by atoms with Gasteiger partial charge in [0.2, 0.25) is 5.91 Å². The lowest BCUT2D eigenvalue weighted by atomic mass is 9.93. The van der Waals surface area contributed by atoms with E-state index < -0.39 is 0 Å². The van der Waals surface area contributed by atoms with E-state index >= 15 is 0 Å². The van der Waals surface area contributed by atoms with Crippen LogP contribution in [0.15, 0.2) is 64.8 Å². The Hall–Kier alpha value is -2.86. The van der Waals surface area contributed by atoms with Crippen LogP contribution < -0.4 is 5.32 Å². The molecule has 3 aromatic rings. The fraction of sp³-hybridized carbons (Fsp3) is 0.238. The molecule has 2 amide bonds. The van der Waals surface area contributed by atoms with Gasteiger partial charge in [-0.05, 0) is 35.1 Å². The second-order valence-corrected chi connectivity index (χ2v) is 7.47. The largest absolute Gasteiger partial charge is 0.472 e. The number of nitrogens with zero attached hydrogens (tertiary/aromatic N) is 1. The third kappa shape index (κ3) is 3.66. The van der Waals surface area contributed by atoms with Crippen molar-refractivity contribution in [1.82, 2.24) is 10.2 Å². The van der Waals surface area contributed by atoms with Gasteiger partial charge in [0.25, 0.3) is 5.91 Å². The molecule has 0 aliphatic carbocycles. The molecule has 0 bridgehead atoms. The summed E-state index contributed by atoms with van der Waals surface area (Å²) < 4.78 is 4.91. The summed E-state index contributed by atoms with van der Waals surface area (Å²) in [6.45, 7) is 0.999. The van der Waals surface area contributed by atoms with Crippen LogP contribution in [0.2, 0.25) is 0 Å². The quantitative estimate of drug-likeness (QED) is 0.735. The minimum absolute atomic E-state index is 0.0493. The SMILES string of the molecule is O=C(NCCC(=O)N1CCc2sccc2C1c1ccccc1)c1ccoc1. The lowest BCUT2D eigenvalue weighted by Crippen LogP contribution is -2.41. The first-order chi connectivity index (χ1) is 13.2. The third-order valence-electron chi connectivity index (χ3n) is 4.81. The van der Waals surface area contributed by atoms with Crippen molar-refractivity contribution in [3.63, 3.8) is 0 Å². The number of hydrogen-bond acceptors (Lipinski definition) is 4. The van der Waals surface area contributed by atoms with Gasteiger partial charge in [0.05, 0.1) is 17.9 Å². The van der Waals surface area contributed by atoms with E-state index in [9.17, 15) is 9.59 Å². The van der Waals surface area contributed by atoms with Crippen LogP contribution in [0.4, 0.5) is 0 Å². The number of thiophene rings is 1. The fourth-order valence-electron chi connectivity index (χ4n) is 3.50. The average Bonchev–Trinajstić information content (AvgIpc) is 3.39. The Bertz CT molecular complexity index is 918. The fourth-order valence-corrected chi connectivity index (χ4v) is 4.41. The van der Waals surface area contributed by atoms with Crippen molar-refractivity contribution in [2.24, 2.45) is 0 Å². The molecule has 1 N–H and O–H groups in total. The lowest BCUT2D eigenvalue weighted by molar-refractivity contribution is -0.133. The van der Waals surface area contributed by atoms with Crippen molar-refractivity contribution in [1.29, 1.82) is 0 Å². The van der Waals surface area contributed by atoms with Crippen LogP contribution in [0, 0.1) is 0 Å². The standard InChI is InChI=1S/C21H20N2O3S/c24-19(6-10-22-21(25)16-8-12-26-14-16)23-11-7-18-17(9-13-27-18)20(23)15-4-2-1-3-5-15/h1-5,8-9,12-14,20H,6-7,10-11H2,(H,22,25). The molecule has 1 aliphatic rings. The normalized spacial score (nSPS) is 16.0. The molecule has 2 aromatic heterocycles. The number of carbonyl (C=O) groups is 2. The van der Waals surface area contributed by atoms with Crippen LogP contribution in [-0.2, 0) is 11.2 Å². The molecule has 0 saturated carbocycles. The Morgan fingerprint density at radius 1 is 1.19 bits per heavy atom. The first kappa shape index (κ1) is 17.5. The molecule has 1 atom stereocenters. The topological polar surface area (TPSA) is 62.6 Å². The summed E-state index contributed by atoms with van der Waals surface area (Å²) in [5.41, 5.74) is 2.80. The molecule has 0 fully saturated rings. The number of fused-ring (bicyclic) bond motifs is 1. The number of rotatable bonds is 5. The van der Waals surface area contributed by atoms with Gasteiger partial charge in [0, 0.05) is 24.4 Å². The van der Waals surface area contributed by atoms with E-state index in [0.717, 1.165) is 12.0 Å².